The van der Waals surface area contributed by atoms with Crippen molar-refractivity contribution >= 4 is 39.9 Å². The number of rotatable bonds is 3. The summed E-state index contributed by atoms with van der Waals surface area (Å²) in [6, 6.07) is 13.8. The molecule has 0 spiro atoms. The molecule has 1 amide bonds. The molecular weight excluding hydrogens is 440 g/mol. The maximum atomic E-state index is 13.5. The van der Waals surface area contributed by atoms with Crippen LogP contribution in [-0.4, -0.2) is 16.7 Å². The monoisotopic (exact) mass is 460 g/mol. The largest absolute Gasteiger partial charge is 0.384 e. The number of nitrogens with zero attached hydrogens (tertiary/aromatic N) is 2. The van der Waals surface area contributed by atoms with Crippen molar-refractivity contribution < 1.29 is 9.59 Å². The van der Waals surface area contributed by atoms with Crippen molar-refractivity contribution in [1.29, 1.82) is 5.26 Å². The number of aromatic nitrogens is 1. The molecule has 7 nitrogen and oxygen atoms in total. The minimum Gasteiger partial charge on any atom is -0.384 e. The predicted molar refractivity (Wildman–Crippen MR) is 127 cm³/mol. The second-order valence-electron chi connectivity index (χ2n) is 8.22. The standard InChI is InChI=1S/C25H21ClN4O3/c1-12-8-13(2)17-10-18(24(32)29-20(17)9-12)22-19(11-27)23(28)30(25(33)21(22)14(3)31)16-6-4-15(26)5-7-16/h4-10,21-22H,28H2,1-3H3,(H,29,32). The van der Waals surface area contributed by atoms with Crippen molar-refractivity contribution in [3.05, 3.63) is 85.9 Å². The maximum Gasteiger partial charge on any atom is 0.252 e. The highest BCUT2D eigenvalue weighted by molar-refractivity contribution is 6.30. The van der Waals surface area contributed by atoms with E-state index in [1.807, 2.05) is 32.0 Å². The summed E-state index contributed by atoms with van der Waals surface area (Å²) in [5.41, 5.74) is 8.88. The number of nitrogens with one attached hydrogen (secondary N) is 1. The number of anilines is 1. The van der Waals surface area contributed by atoms with Gasteiger partial charge in [0.1, 0.15) is 17.5 Å². The van der Waals surface area contributed by atoms with Crippen LogP contribution in [0.4, 0.5) is 5.69 Å². The number of nitriles is 1. The van der Waals surface area contributed by atoms with Gasteiger partial charge in [0.25, 0.3) is 5.56 Å². The van der Waals surface area contributed by atoms with E-state index >= 15 is 0 Å². The average molecular weight is 461 g/mol. The van der Waals surface area contributed by atoms with E-state index in [2.05, 4.69) is 4.98 Å². The Balaban J connectivity index is 1.99. The van der Waals surface area contributed by atoms with Gasteiger partial charge in [-0.2, -0.15) is 5.26 Å². The molecule has 2 aromatic carbocycles. The van der Waals surface area contributed by atoms with Crippen molar-refractivity contribution in [2.75, 3.05) is 4.90 Å². The molecule has 33 heavy (non-hydrogen) atoms. The van der Waals surface area contributed by atoms with Crippen LogP contribution in [0.15, 0.2) is 58.7 Å². The number of nitrogens with two attached hydrogens (primary N) is 1. The highest BCUT2D eigenvalue weighted by Gasteiger charge is 2.46. The Kier molecular flexibility index (Phi) is 5.56. The Morgan fingerprint density at radius 2 is 1.82 bits per heavy atom. The van der Waals surface area contributed by atoms with Crippen LogP contribution in [0.25, 0.3) is 10.9 Å². The zero-order valence-corrected chi connectivity index (χ0v) is 19.0. The van der Waals surface area contributed by atoms with Gasteiger partial charge in [0.15, 0.2) is 0 Å². The summed E-state index contributed by atoms with van der Waals surface area (Å²) in [6.07, 6.45) is 0. The summed E-state index contributed by atoms with van der Waals surface area (Å²) in [7, 11) is 0. The molecular formula is C25H21ClN4O3. The van der Waals surface area contributed by atoms with Crippen LogP contribution >= 0.6 is 11.6 Å². The van der Waals surface area contributed by atoms with Crippen LogP contribution in [0.5, 0.6) is 0 Å². The zero-order valence-electron chi connectivity index (χ0n) is 18.3. The fraction of sp³-hybridized carbons (Fsp3) is 0.200. The van der Waals surface area contributed by atoms with Gasteiger partial charge in [0.2, 0.25) is 5.91 Å². The van der Waals surface area contributed by atoms with Crippen LogP contribution in [0.3, 0.4) is 0 Å². The highest BCUT2D eigenvalue weighted by atomic mass is 35.5. The SMILES string of the molecule is CC(=O)C1C(=O)N(c2ccc(Cl)cc2)C(N)=C(C#N)C1c1cc2c(C)cc(C)cc2[nH]c1=O. The molecule has 1 aliphatic rings. The molecule has 166 valence electrons. The summed E-state index contributed by atoms with van der Waals surface area (Å²) in [5, 5.41) is 11.2. The Hall–Kier alpha value is -3.89. The van der Waals surface area contributed by atoms with Crippen LogP contribution in [-0.2, 0) is 9.59 Å². The van der Waals surface area contributed by atoms with E-state index in [0.29, 0.717) is 16.2 Å². The normalized spacial score (nSPS) is 18.5. The average Bonchev–Trinajstić information content (AvgIpc) is 2.74. The van der Waals surface area contributed by atoms with Crippen molar-refractivity contribution in [3.8, 4) is 6.07 Å². The van der Waals surface area contributed by atoms with E-state index in [1.165, 1.54) is 6.92 Å². The molecule has 2 unspecified atom stereocenters. The van der Waals surface area contributed by atoms with E-state index < -0.39 is 29.1 Å². The van der Waals surface area contributed by atoms with Crippen molar-refractivity contribution in [3.63, 3.8) is 0 Å². The lowest BCUT2D eigenvalue weighted by molar-refractivity contribution is -0.132. The lowest BCUT2D eigenvalue weighted by atomic mass is 9.75. The molecule has 3 aromatic rings. The highest BCUT2D eigenvalue weighted by Crippen LogP contribution is 2.40. The number of pyridine rings is 1. The predicted octanol–water partition coefficient (Wildman–Crippen LogP) is 3.83. The third-order valence-corrected chi connectivity index (χ3v) is 6.22. The van der Waals surface area contributed by atoms with Gasteiger partial charge in [-0.15, -0.1) is 0 Å². The third kappa shape index (κ3) is 3.69. The Morgan fingerprint density at radius 3 is 2.42 bits per heavy atom. The third-order valence-electron chi connectivity index (χ3n) is 5.97. The molecule has 0 radical (unpaired) electrons. The summed E-state index contributed by atoms with van der Waals surface area (Å²) in [4.78, 5) is 43.3. The lowest BCUT2D eigenvalue weighted by Crippen LogP contribution is -2.49. The number of Topliss-reactive ketones (excluding diaryl/α,β-unsaturated/α-hetero) is 1. The van der Waals surface area contributed by atoms with Gasteiger partial charge in [-0.3, -0.25) is 19.3 Å². The molecule has 2 heterocycles. The molecule has 2 atom stereocenters. The summed E-state index contributed by atoms with van der Waals surface area (Å²) < 4.78 is 0. The first-order chi connectivity index (χ1) is 15.6. The first kappa shape index (κ1) is 22.3. The number of carbonyl (C=O) groups is 2. The van der Waals surface area contributed by atoms with Crippen molar-refractivity contribution in [1.82, 2.24) is 4.98 Å². The molecule has 3 N–H and O–H groups in total. The number of hydrogen-bond donors (Lipinski definition) is 2. The molecule has 1 aromatic heterocycles. The Morgan fingerprint density at radius 1 is 1.15 bits per heavy atom. The fourth-order valence-electron chi connectivity index (χ4n) is 4.49. The van der Waals surface area contributed by atoms with E-state index in [4.69, 9.17) is 17.3 Å². The fourth-order valence-corrected chi connectivity index (χ4v) is 4.62. The number of benzene rings is 2. The minimum absolute atomic E-state index is 0.0145. The second kappa shape index (κ2) is 8.23. The smallest absolute Gasteiger partial charge is 0.252 e. The molecule has 0 aliphatic carbocycles. The van der Waals surface area contributed by atoms with Gasteiger partial charge in [-0.1, -0.05) is 17.7 Å². The maximum absolute atomic E-state index is 13.5. The van der Waals surface area contributed by atoms with Gasteiger partial charge < -0.3 is 10.7 Å². The molecule has 0 bridgehead atoms. The molecule has 8 heteroatoms. The summed E-state index contributed by atoms with van der Waals surface area (Å²) in [5.74, 6) is -3.58. The molecule has 4 rings (SSSR count). The number of amides is 1. The number of carbonyl (C=O) groups excluding carboxylic acids is 2. The van der Waals surface area contributed by atoms with E-state index in [1.54, 1.807) is 30.3 Å². The number of fused-ring (bicyclic) bond motifs is 1. The summed E-state index contributed by atoms with van der Waals surface area (Å²) in [6.45, 7) is 5.10. The number of aromatic amines is 1. The molecule has 0 fully saturated rings. The van der Waals surface area contributed by atoms with Crippen molar-refractivity contribution in [2.45, 2.75) is 26.7 Å². The van der Waals surface area contributed by atoms with Crippen LogP contribution in [0.2, 0.25) is 5.02 Å². The van der Waals surface area contributed by atoms with Crippen LogP contribution in [0.1, 0.15) is 29.5 Å². The van der Waals surface area contributed by atoms with E-state index in [9.17, 15) is 19.6 Å². The number of aryl methyl sites for hydroxylation is 2. The Bertz CT molecular complexity index is 1450. The van der Waals surface area contributed by atoms with Gasteiger partial charge in [-0.05, 0) is 68.3 Å². The Labute approximate surface area is 195 Å². The topological polar surface area (TPSA) is 120 Å². The number of halogens is 1. The molecule has 0 saturated carbocycles. The van der Waals surface area contributed by atoms with Crippen molar-refractivity contribution in [2.24, 2.45) is 11.7 Å². The van der Waals surface area contributed by atoms with Gasteiger partial charge in [0, 0.05) is 27.4 Å². The van der Waals surface area contributed by atoms with E-state index in [0.717, 1.165) is 21.4 Å². The van der Waals surface area contributed by atoms with Gasteiger partial charge in [0.05, 0.1) is 17.3 Å². The van der Waals surface area contributed by atoms with E-state index in [-0.39, 0.29) is 17.0 Å². The quantitative estimate of drug-likeness (QED) is 0.575. The van der Waals surface area contributed by atoms with Gasteiger partial charge >= 0.3 is 0 Å². The molecule has 0 saturated heterocycles. The van der Waals surface area contributed by atoms with Gasteiger partial charge in [-0.25, -0.2) is 0 Å². The minimum atomic E-state index is -1.29. The summed E-state index contributed by atoms with van der Waals surface area (Å²) >= 11 is 5.96. The first-order valence-corrected chi connectivity index (χ1v) is 10.7. The number of allylic oxidation sites excluding steroid dienone is 1. The molecule has 1 aliphatic heterocycles. The number of ketones is 1. The zero-order chi connectivity index (χ0) is 24.0. The first-order valence-electron chi connectivity index (χ1n) is 10.3. The number of hydrogen-bond acceptors (Lipinski definition) is 5. The lowest BCUT2D eigenvalue weighted by Gasteiger charge is -2.36. The second-order valence-corrected chi connectivity index (χ2v) is 8.66. The van der Waals surface area contributed by atoms with Crippen LogP contribution in [0, 0.1) is 31.1 Å². The number of H-pyrrole nitrogens is 1. The van der Waals surface area contributed by atoms with Crippen LogP contribution < -0.4 is 16.2 Å².